The Labute approximate surface area is 311 Å². The topological polar surface area (TPSA) is 168 Å². The molecule has 53 heavy (non-hydrogen) atoms. The molecule has 0 aliphatic carbocycles. The largest absolute Gasteiger partial charge is 0.493 e. The number of carbonyl (C=O) groups is 1. The van der Waals surface area contributed by atoms with Crippen molar-refractivity contribution in [3.63, 3.8) is 0 Å². The van der Waals surface area contributed by atoms with Crippen molar-refractivity contribution >= 4 is 52.6 Å². The molecule has 4 N–H and O–H groups in total. The molecule has 1 fully saturated rings. The van der Waals surface area contributed by atoms with Crippen LogP contribution in [0.15, 0.2) is 42.9 Å². The third kappa shape index (κ3) is 9.30. The summed E-state index contributed by atoms with van der Waals surface area (Å²) >= 11 is 1.22. The molecule has 1 amide bonds. The lowest BCUT2D eigenvalue weighted by Gasteiger charge is -2.57. The first-order chi connectivity index (χ1) is 24.8. The summed E-state index contributed by atoms with van der Waals surface area (Å²) in [5.41, 5.74) is -1.83. The predicted molar refractivity (Wildman–Crippen MR) is 200 cm³/mol. The van der Waals surface area contributed by atoms with Crippen LogP contribution in [0.5, 0.6) is 11.5 Å². The maximum atomic E-state index is 14.0. The van der Waals surface area contributed by atoms with E-state index in [4.69, 9.17) is 14.0 Å². The molecule has 3 heterocycles. The number of carbonyl (C=O) groups excluding carboxylic acids is 1. The average Bonchev–Trinajstić information content (AvgIpc) is 3.71. The Bertz CT molecular complexity index is 1970. The Morgan fingerprint density at radius 3 is 2.45 bits per heavy atom. The smallest absolute Gasteiger partial charge is 0.470 e. The van der Waals surface area contributed by atoms with Crippen molar-refractivity contribution in [1.82, 2.24) is 19.9 Å². The molecule has 288 valence electrons. The Balaban J connectivity index is 1.24. The van der Waals surface area contributed by atoms with E-state index >= 15 is 0 Å². The SMILES string of the molecule is COc1cc2c(Nc3ncc(CC(=O)Nc4ccc(F)cc4F)s3)ncnc2cc1OCCCN1CCC[C@H]1C(OP(=O)(O)O)(C(C)(C)C)C(C)(C)C. The highest BCUT2D eigenvalue weighted by molar-refractivity contribution is 7.46. The standard InChI is InChI=1S/C36H47F2N6O7PS/c1-34(2,3)36(35(4,5)6,51-52(46,47)48)30-10-8-13-44(30)14-9-15-50-29-19-27-24(18-28(29)49-7)32(41-21-40-27)43-33-39-20-23(53-33)17-31(45)42-26-12-11-22(37)16-25(26)38/h11-12,16,18-21,30H,8-10,13-15,17H2,1-7H3,(H,42,45)(H2,46,47,48)(H,39,40,41,43)/t30-/m0/s1. The van der Waals surface area contributed by atoms with Gasteiger partial charge in [0, 0.05) is 41.2 Å². The van der Waals surface area contributed by atoms with Crippen molar-refractivity contribution < 1.29 is 41.9 Å². The minimum atomic E-state index is -4.82. The van der Waals surface area contributed by atoms with Crippen LogP contribution in [0.1, 0.15) is 65.7 Å². The molecule has 1 atom stereocenters. The molecular weight excluding hydrogens is 729 g/mol. The maximum Gasteiger partial charge on any atom is 0.470 e. The number of hydrogen-bond acceptors (Lipinski definition) is 11. The summed E-state index contributed by atoms with van der Waals surface area (Å²) in [6, 6.07) is 6.25. The minimum absolute atomic E-state index is 0.0666. The third-order valence-corrected chi connectivity index (χ3v) is 10.8. The van der Waals surface area contributed by atoms with Gasteiger partial charge < -0.3 is 29.9 Å². The monoisotopic (exact) mass is 776 g/mol. The Kier molecular flexibility index (Phi) is 12.1. The van der Waals surface area contributed by atoms with Gasteiger partial charge in [0.1, 0.15) is 29.4 Å². The van der Waals surface area contributed by atoms with E-state index in [9.17, 15) is 27.9 Å². The molecule has 1 aliphatic heterocycles. The van der Waals surface area contributed by atoms with Crippen LogP contribution in [-0.4, -0.2) is 74.0 Å². The number of nitrogens with zero attached hydrogens (tertiary/aromatic N) is 4. The van der Waals surface area contributed by atoms with Gasteiger partial charge in [0.2, 0.25) is 5.91 Å². The Hall–Kier alpha value is -3.79. The third-order valence-electron chi connectivity index (χ3n) is 9.41. The van der Waals surface area contributed by atoms with E-state index in [1.165, 1.54) is 31.0 Å². The molecule has 2 aromatic heterocycles. The first-order valence-electron chi connectivity index (χ1n) is 17.2. The molecule has 1 saturated heterocycles. The van der Waals surface area contributed by atoms with E-state index in [1.54, 1.807) is 12.1 Å². The minimum Gasteiger partial charge on any atom is -0.493 e. The molecule has 17 heteroatoms. The number of anilines is 3. The molecular formula is C36H47F2N6O7PS. The normalized spacial score (nSPS) is 15.9. The lowest BCUT2D eigenvalue weighted by Crippen LogP contribution is -2.65. The van der Waals surface area contributed by atoms with E-state index in [-0.39, 0.29) is 18.2 Å². The van der Waals surface area contributed by atoms with E-state index in [0.717, 1.165) is 31.5 Å². The number of methoxy groups -OCH3 is 1. The van der Waals surface area contributed by atoms with Crippen molar-refractivity contribution in [3.8, 4) is 11.5 Å². The molecule has 0 unspecified atom stereocenters. The number of fused-ring (bicyclic) bond motifs is 1. The molecule has 0 bridgehead atoms. The number of nitrogens with one attached hydrogen (secondary N) is 2. The van der Waals surface area contributed by atoms with Gasteiger partial charge in [-0.15, -0.1) is 11.3 Å². The number of halogens is 2. The van der Waals surface area contributed by atoms with Crippen molar-refractivity contribution in [3.05, 3.63) is 59.4 Å². The highest BCUT2D eigenvalue weighted by Gasteiger charge is 2.61. The number of likely N-dealkylation sites (tertiary alicyclic amines) is 1. The summed E-state index contributed by atoms with van der Waals surface area (Å²) in [7, 11) is -3.28. The van der Waals surface area contributed by atoms with Gasteiger partial charge in [-0.1, -0.05) is 41.5 Å². The van der Waals surface area contributed by atoms with E-state index < -0.39 is 41.8 Å². The fraction of sp³-hybridized carbons (Fsp3) is 0.500. The van der Waals surface area contributed by atoms with Gasteiger partial charge in [0.15, 0.2) is 16.6 Å². The number of hydrogen-bond donors (Lipinski definition) is 4. The summed E-state index contributed by atoms with van der Waals surface area (Å²) in [5.74, 6) is -0.665. The van der Waals surface area contributed by atoms with Crippen LogP contribution in [0, 0.1) is 22.5 Å². The fourth-order valence-electron chi connectivity index (χ4n) is 7.58. The van der Waals surface area contributed by atoms with Crippen LogP contribution in [0.3, 0.4) is 0 Å². The molecule has 0 radical (unpaired) electrons. The van der Waals surface area contributed by atoms with Crippen molar-refractivity contribution in [2.75, 3.05) is 37.4 Å². The van der Waals surface area contributed by atoms with Crippen LogP contribution in [-0.2, 0) is 20.3 Å². The first kappa shape index (κ1) is 40.4. The summed E-state index contributed by atoms with van der Waals surface area (Å²) in [6.45, 7) is 13.6. The van der Waals surface area contributed by atoms with Crippen LogP contribution in [0.4, 0.5) is 25.4 Å². The quantitative estimate of drug-likeness (QED) is 0.0738. The fourth-order valence-corrected chi connectivity index (χ4v) is 9.43. The van der Waals surface area contributed by atoms with Crippen molar-refractivity contribution in [2.45, 2.75) is 78.9 Å². The maximum absolute atomic E-state index is 14.0. The van der Waals surface area contributed by atoms with E-state index in [0.29, 0.717) is 63.9 Å². The van der Waals surface area contributed by atoms with Crippen molar-refractivity contribution in [1.29, 1.82) is 0 Å². The second-order valence-electron chi connectivity index (χ2n) is 15.1. The molecule has 5 rings (SSSR count). The molecule has 1 aliphatic rings. The summed E-state index contributed by atoms with van der Waals surface area (Å²) in [4.78, 5) is 48.7. The average molecular weight is 777 g/mol. The number of rotatable bonds is 14. The van der Waals surface area contributed by atoms with Crippen LogP contribution >= 0.6 is 19.2 Å². The van der Waals surface area contributed by atoms with Gasteiger partial charge in [0.05, 0.1) is 31.3 Å². The first-order valence-corrected chi connectivity index (χ1v) is 19.6. The van der Waals surface area contributed by atoms with Crippen LogP contribution < -0.4 is 20.1 Å². The molecule has 0 spiro atoms. The molecule has 0 saturated carbocycles. The number of phosphoric ester groups is 1. The molecule has 2 aromatic carbocycles. The zero-order valence-electron chi connectivity index (χ0n) is 30.9. The van der Waals surface area contributed by atoms with Gasteiger partial charge in [-0.05, 0) is 54.8 Å². The van der Waals surface area contributed by atoms with Gasteiger partial charge in [-0.2, -0.15) is 0 Å². The second-order valence-corrected chi connectivity index (χ2v) is 17.3. The van der Waals surface area contributed by atoms with Crippen LogP contribution in [0.2, 0.25) is 0 Å². The van der Waals surface area contributed by atoms with E-state index in [1.807, 2.05) is 41.5 Å². The second kappa shape index (κ2) is 15.9. The van der Waals surface area contributed by atoms with Gasteiger partial charge in [-0.3, -0.25) is 14.2 Å². The van der Waals surface area contributed by atoms with Gasteiger partial charge in [-0.25, -0.2) is 28.3 Å². The lowest BCUT2D eigenvalue weighted by atomic mass is 9.58. The van der Waals surface area contributed by atoms with E-state index in [2.05, 4.69) is 30.5 Å². The predicted octanol–water partition coefficient (Wildman–Crippen LogP) is 7.47. The van der Waals surface area contributed by atoms with Crippen LogP contribution in [0.25, 0.3) is 10.9 Å². The zero-order valence-corrected chi connectivity index (χ0v) is 32.6. The molecule has 4 aromatic rings. The summed E-state index contributed by atoms with van der Waals surface area (Å²) in [5, 5.41) is 6.72. The molecule has 13 nitrogen and oxygen atoms in total. The number of thiazole rings is 1. The summed E-state index contributed by atoms with van der Waals surface area (Å²) < 4.78 is 57.2. The Morgan fingerprint density at radius 1 is 1.06 bits per heavy atom. The van der Waals surface area contributed by atoms with Crippen molar-refractivity contribution in [2.24, 2.45) is 10.8 Å². The number of phosphoric acid groups is 1. The lowest BCUT2D eigenvalue weighted by molar-refractivity contribution is -0.168. The number of ether oxygens (including phenoxy) is 2. The number of benzene rings is 2. The Morgan fingerprint density at radius 2 is 1.79 bits per heavy atom. The van der Waals surface area contributed by atoms with Gasteiger partial charge in [0.25, 0.3) is 0 Å². The highest BCUT2D eigenvalue weighted by atomic mass is 32.1. The number of amides is 1. The summed E-state index contributed by atoms with van der Waals surface area (Å²) in [6.07, 6.45) is 5.14. The highest BCUT2D eigenvalue weighted by Crippen LogP contribution is 2.59. The zero-order chi connectivity index (χ0) is 38.8. The number of aromatic nitrogens is 3. The van der Waals surface area contributed by atoms with Gasteiger partial charge >= 0.3 is 7.82 Å².